The van der Waals surface area contributed by atoms with Gasteiger partial charge < -0.3 is 35.8 Å². The third-order valence-electron chi connectivity index (χ3n) is 14.1. The average Bonchev–Trinajstić information content (AvgIpc) is 4.12. The predicted molar refractivity (Wildman–Crippen MR) is 278 cm³/mol. The van der Waals surface area contributed by atoms with E-state index in [4.69, 9.17) is 4.98 Å². The number of aryl methyl sites for hydroxylation is 1. The van der Waals surface area contributed by atoms with Gasteiger partial charge in [0.1, 0.15) is 11.5 Å². The molecule has 3 amide bonds. The van der Waals surface area contributed by atoms with Gasteiger partial charge in [-0.2, -0.15) is 4.98 Å². The molecule has 1 saturated carbocycles. The number of aliphatic hydroxyl groups is 1. The lowest BCUT2D eigenvalue weighted by atomic mass is 9.76. The number of aliphatic hydroxyl groups excluding tert-OH is 1. The van der Waals surface area contributed by atoms with Gasteiger partial charge in [-0.15, -0.1) is 11.3 Å². The summed E-state index contributed by atoms with van der Waals surface area (Å²) in [4.78, 5) is 75.0. The maximum atomic E-state index is 14.3. The lowest BCUT2D eigenvalue weighted by Crippen LogP contribution is -2.47. The highest BCUT2D eigenvalue weighted by Gasteiger charge is 2.43. The summed E-state index contributed by atoms with van der Waals surface area (Å²) in [5.41, 5.74) is 8.61. The number of unbranched alkanes of at least 4 members (excludes halogenated alkanes) is 2. The number of ketones is 1. The summed E-state index contributed by atoms with van der Waals surface area (Å²) >= 11 is 1.62. The zero-order valence-electron chi connectivity index (χ0n) is 41.3. The molecule has 0 radical (unpaired) electrons. The van der Waals surface area contributed by atoms with Crippen LogP contribution in [0.5, 0.6) is 0 Å². The summed E-state index contributed by atoms with van der Waals surface area (Å²) in [5, 5.41) is 20.6. The van der Waals surface area contributed by atoms with Crippen LogP contribution in [-0.4, -0.2) is 86.8 Å². The minimum Gasteiger partial charge on any atom is -0.391 e. The summed E-state index contributed by atoms with van der Waals surface area (Å²) < 4.78 is 0. The van der Waals surface area contributed by atoms with Crippen LogP contribution in [0.15, 0.2) is 96.8 Å². The molecule has 2 fully saturated rings. The molecule has 14 nitrogen and oxygen atoms in total. The Morgan fingerprint density at radius 3 is 2.37 bits per heavy atom. The molecule has 2 aromatic heterocycles. The molecule has 0 spiro atoms. The molecule has 15 heteroatoms. The molecular formula is C55H67N9O5S. The van der Waals surface area contributed by atoms with Gasteiger partial charge >= 0.3 is 0 Å². The van der Waals surface area contributed by atoms with E-state index in [2.05, 4.69) is 68.6 Å². The minimum absolute atomic E-state index is 0.0278. The van der Waals surface area contributed by atoms with Crippen LogP contribution in [0.3, 0.4) is 0 Å². The molecule has 70 heavy (non-hydrogen) atoms. The quantitative estimate of drug-likeness (QED) is 0.0616. The van der Waals surface area contributed by atoms with E-state index in [0.717, 1.165) is 59.5 Å². The van der Waals surface area contributed by atoms with Gasteiger partial charge in [0.25, 0.3) is 11.8 Å². The van der Waals surface area contributed by atoms with Crippen molar-refractivity contribution in [1.82, 2.24) is 30.5 Å². The highest BCUT2D eigenvalue weighted by molar-refractivity contribution is 7.13. The molecule has 0 bridgehead atoms. The Morgan fingerprint density at radius 1 is 0.943 bits per heavy atom. The molecule has 5 aromatic rings. The molecule has 1 aliphatic carbocycles. The number of hydrogen-bond acceptors (Lipinski definition) is 12. The van der Waals surface area contributed by atoms with E-state index in [1.807, 2.05) is 69.6 Å². The number of anilines is 5. The molecule has 8 rings (SSSR count). The number of carbonyl (C=O) groups is 4. The van der Waals surface area contributed by atoms with E-state index in [9.17, 15) is 24.3 Å². The van der Waals surface area contributed by atoms with E-state index in [0.29, 0.717) is 72.2 Å². The maximum absolute atomic E-state index is 14.3. The van der Waals surface area contributed by atoms with Crippen molar-refractivity contribution in [2.24, 2.45) is 11.3 Å². The fraction of sp³-hybridized carbons (Fsp3) is 0.436. The first-order valence-electron chi connectivity index (χ1n) is 24.7. The fourth-order valence-corrected chi connectivity index (χ4v) is 10.9. The summed E-state index contributed by atoms with van der Waals surface area (Å²) in [5.74, 6) is 0.114. The first-order valence-corrected chi connectivity index (χ1v) is 25.6. The zero-order valence-corrected chi connectivity index (χ0v) is 42.2. The van der Waals surface area contributed by atoms with Crippen LogP contribution in [0.4, 0.5) is 28.8 Å². The average molecular weight is 966 g/mol. The topological polar surface area (TPSA) is 173 Å². The van der Waals surface area contributed by atoms with Gasteiger partial charge in [-0.3, -0.25) is 19.2 Å². The first kappa shape index (κ1) is 50.0. The van der Waals surface area contributed by atoms with Crippen LogP contribution in [0.25, 0.3) is 10.4 Å². The predicted octanol–water partition coefficient (Wildman–Crippen LogP) is 10.1. The Labute approximate surface area is 416 Å². The number of fused-ring (bicyclic) bond motifs is 2. The molecule has 4 heterocycles. The third kappa shape index (κ3) is 11.3. The molecular weight excluding hydrogens is 899 g/mol. The molecule has 4 atom stereocenters. The SMILES string of the molecule is C=C(N[C@@H](C)c1ccc(-c2scnc2C)cc1)[C@@H]1C[C@@H](O)CN1C(=O)[C@@H](CC(=O)CCCCCNC(=O)c1ccc(Nc2ncc3c(n2)N(C2CCCC2)c2ccccc2C(=O)N3C)cc1)C(C)(C)C. The number of hydrogen-bond donors (Lipinski definition) is 4. The Morgan fingerprint density at radius 2 is 1.67 bits per heavy atom. The van der Waals surface area contributed by atoms with Crippen molar-refractivity contribution >= 4 is 63.7 Å². The van der Waals surface area contributed by atoms with Crippen molar-refractivity contribution in [3.63, 3.8) is 0 Å². The molecule has 1 saturated heterocycles. The second kappa shape index (κ2) is 21.7. The van der Waals surface area contributed by atoms with Crippen LogP contribution in [-0.2, 0) is 9.59 Å². The molecule has 2 aliphatic heterocycles. The number of rotatable bonds is 18. The molecule has 4 N–H and O–H groups in total. The van der Waals surface area contributed by atoms with Crippen molar-refractivity contribution in [2.75, 3.05) is 35.3 Å². The minimum atomic E-state index is -0.686. The van der Waals surface area contributed by atoms with Gasteiger partial charge in [-0.1, -0.05) is 83.0 Å². The van der Waals surface area contributed by atoms with Crippen molar-refractivity contribution in [3.8, 4) is 10.4 Å². The number of carbonyl (C=O) groups excluding carboxylic acids is 4. The van der Waals surface area contributed by atoms with Gasteiger partial charge in [0, 0.05) is 74.3 Å². The van der Waals surface area contributed by atoms with E-state index >= 15 is 0 Å². The second-order valence-corrected chi connectivity index (χ2v) is 21.1. The van der Waals surface area contributed by atoms with E-state index in [1.165, 1.54) is 0 Å². The molecule has 3 aromatic carbocycles. The normalized spacial score (nSPS) is 17.9. The number of likely N-dealkylation sites (tertiary alicyclic amines) is 1. The lowest BCUT2D eigenvalue weighted by molar-refractivity contribution is -0.142. The smallest absolute Gasteiger partial charge is 0.260 e. The van der Waals surface area contributed by atoms with Crippen LogP contribution in [0.1, 0.15) is 130 Å². The highest BCUT2D eigenvalue weighted by Crippen LogP contribution is 2.44. The number of thiazole rings is 1. The van der Waals surface area contributed by atoms with Crippen molar-refractivity contribution in [1.29, 1.82) is 0 Å². The van der Waals surface area contributed by atoms with Gasteiger partial charge in [0.2, 0.25) is 11.9 Å². The number of para-hydroxylation sites is 1. The standard InChI is InChI=1S/C55H67N9O5S/c1-34(37-20-22-38(23-21-37)49-36(3)58-33-70-49)59-35(2)47-30-43(66)32-63(47)53(69)45(55(4,5)6)29-42(65)17-9-8-14-28-56-51(67)39-24-26-40(27-25-39)60-54-57-31-48-50(61-54)64(41-15-10-11-16-41)46-19-13-12-18-44(46)52(68)62(48)7/h12-13,18-27,31,33-34,41,43,45,47,59,66H,2,8-11,14-17,28-30,32H2,1,3-7H3,(H,56,67)(H,57,60,61)/t34-,43+,45+,47-/m0/s1. The Kier molecular flexibility index (Phi) is 15.5. The molecule has 368 valence electrons. The number of amides is 3. The second-order valence-electron chi connectivity index (χ2n) is 20.2. The number of nitrogens with one attached hydrogen (secondary N) is 3. The molecule has 3 aliphatic rings. The van der Waals surface area contributed by atoms with Crippen LogP contribution in [0, 0.1) is 18.3 Å². The number of β-amino-alcohol motifs (C(OH)–C–C–N with tert-alkyl or cyclic N) is 1. The summed E-state index contributed by atoms with van der Waals surface area (Å²) in [7, 11) is 1.76. The van der Waals surface area contributed by atoms with E-state index < -0.39 is 23.5 Å². The summed E-state index contributed by atoms with van der Waals surface area (Å²) in [6.45, 7) is 15.0. The Bertz CT molecular complexity index is 2690. The van der Waals surface area contributed by atoms with Crippen molar-refractivity contribution in [3.05, 3.63) is 119 Å². The molecule has 0 unspecified atom stereocenters. The zero-order chi connectivity index (χ0) is 49.7. The number of nitrogens with zero attached hydrogens (tertiary/aromatic N) is 6. The van der Waals surface area contributed by atoms with Crippen LogP contribution < -0.4 is 25.8 Å². The van der Waals surface area contributed by atoms with Gasteiger partial charge in [-0.25, -0.2) is 9.97 Å². The fourth-order valence-electron chi connectivity index (χ4n) is 10.0. The number of benzene rings is 3. The van der Waals surface area contributed by atoms with Gasteiger partial charge in [0.15, 0.2) is 5.82 Å². The Hall–Kier alpha value is -6.45. The van der Waals surface area contributed by atoms with Crippen LogP contribution >= 0.6 is 11.3 Å². The van der Waals surface area contributed by atoms with E-state index in [1.54, 1.807) is 46.5 Å². The third-order valence-corrected chi connectivity index (χ3v) is 15.1. The van der Waals surface area contributed by atoms with Gasteiger partial charge in [-0.05, 0) is 92.5 Å². The first-order chi connectivity index (χ1) is 33.6. The maximum Gasteiger partial charge on any atom is 0.260 e. The summed E-state index contributed by atoms with van der Waals surface area (Å²) in [6, 6.07) is 22.9. The van der Waals surface area contributed by atoms with Crippen LogP contribution in [0.2, 0.25) is 0 Å². The monoisotopic (exact) mass is 965 g/mol. The largest absolute Gasteiger partial charge is 0.391 e. The number of aromatic nitrogens is 3. The van der Waals surface area contributed by atoms with Gasteiger partial charge in [0.05, 0.1) is 45.7 Å². The van der Waals surface area contributed by atoms with Crippen molar-refractivity contribution < 1.29 is 24.3 Å². The number of Topliss-reactive ketones (excluding diaryl/α,β-unsaturated/α-hetero) is 1. The highest BCUT2D eigenvalue weighted by atomic mass is 32.1. The lowest BCUT2D eigenvalue weighted by Gasteiger charge is -2.36. The Balaban J connectivity index is 0.790. The van der Waals surface area contributed by atoms with Crippen molar-refractivity contribution in [2.45, 2.75) is 123 Å². The van der Waals surface area contributed by atoms with E-state index in [-0.39, 0.29) is 48.6 Å². The summed E-state index contributed by atoms with van der Waals surface area (Å²) in [6.07, 6.45) is 8.23.